The van der Waals surface area contributed by atoms with Gasteiger partial charge >= 0.3 is 0 Å². The van der Waals surface area contributed by atoms with E-state index in [2.05, 4.69) is 0 Å². The SMILES string of the molecule is CCC[C@@H](CO)N1CC(c2ccc(Cl)cc2)(c2ccc(Cl)cc2)OCC1=O. The average Bonchev–Trinajstić information content (AvgIpc) is 2.68. The lowest BCUT2D eigenvalue weighted by Crippen LogP contribution is -2.57. The zero-order valence-electron chi connectivity index (χ0n) is 15.2. The summed E-state index contributed by atoms with van der Waals surface area (Å²) < 4.78 is 6.17. The van der Waals surface area contributed by atoms with Crippen LogP contribution in [0.5, 0.6) is 0 Å². The van der Waals surface area contributed by atoms with E-state index in [0.717, 1.165) is 24.0 Å². The van der Waals surface area contributed by atoms with E-state index in [9.17, 15) is 9.90 Å². The number of ether oxygens (including phenoxy) is 1. The average molecular weight is 408 g/mol. The van der Waals surface area contributed by atoms with Crippen molar-refractivity contribution in [3.63, 3.8) is 0 Å². The minimum atomic E-state index is -0.843. The van der Waals surface area contributed by atoms with Gasteiger partial charge in [0.25, 0.3) is 0 Å². The van der Waals surface area contributed by atoms with E-state index < -0.39 is 5.60 Å². The molecule has 27 heavy (non-hydrogen) atoms. The third-order valence-corrected chi connectivity index (χ3v) is 5.55. The van der Waals surface area contributed by atoms with Crippen molar-refractivity contribution in [1.29, 1.82) is 0 Å². The molecular weight excluding hydrogens is 385 g/mol. The van der Waals surface area contributed by atoms with Crippen LogP contribution in [0.25, 0.3) is 0 Å². The van der Waals surface area contributed by atoms with Gasteiger partial charge in [0.1, 0.15) is 12.2 Å². The third-order valence-electron chi connectivity index (χ3n) is 5.05. The summed E-state index contributed by atoms with van der Waals surface area (Å²) in [5, 5.41) is 11.1. The molecule has 0 spiro atoms. The van der Waals surface area contributed by atoms with Gasteiger partial charge in [0.15, 0.2) is 0 Å². The molecule has 144 valence electrons. The molecule has 0 radical (unpaired) electrons. The Morgan fingerprint density at radius 2 is 1.59 bits per heavy atom. The second-order valence-electron chi connectivity index (χ2n) is 6.78. The van der Waals surface area contributed by atoms with Crippen LogP contribution < -0.4 is 0 Å². The maximum absolute atomic E-state index is 12.6. The van der Waals surface area contributed by atoms with Gasteiger partial charge in [0.2, 0.25) is 5.91 Å². The number of aliphatic hydroxyl groups excluding tert-OH is 1. The molecule has 4 nitrogen and oxygen atoms in total. The fraction of sp³-hybridized carbons (Fsp3) is 0.381. The minimum Gasteiger partial charge on any atom is -0.394 e. The van der Waals surface area contributed by atoms with Crippen molar-refractivity contribution in [2.75, 3.05) is 19.8 Å². The molecule has 1 atom stereocenters. The van der Waals surface area contributed by atoms with Crippen molar-refractivity contribution in [3.05, 3.63) is 69.7 Å². The van der Waals surface area contributed by atoms with Gasteiger partial charge in [-0.3, -0.25) is 4.79 Å². The van der Waals surface area contributed by atoms with Crippen molar-refractivity contribution < 1.29 is 14.6 Å². The molecular formula is C21H23Cl2NO3. The normalized spacial score (nSPS) is 17.8. The van der Waals surface area contributed by atoms with Crippen molar-refractivity contribution in [2.24, 2.45) is 0 Å². The van der Waals surface area contributed by atoms with E-state index in [1.54, 1.807) is 4.90 Å². The highest BCUT2D eigenvalue weighted by molar-refractivity contribution is 6.30. The topological polar surface area (TPSA) is 49.8 Å². The summed E-state index contributed by atoms with van der Waals surface area (Å²) in [4.78, 5) is 14.3. The van der Waals surface area contributed by atoms with Crippen LogP contribution in [0.4, 0.5) is 0 Å². The summed E-state index contributed by atoms with van der Waals surface area (Å²) in [6.07, 6.45) is 1.62. The molecule has 1 aliphatic heterocycles. The summed E-state index contributed by atoms with van der Waals surface area (Å²) in [6.45, 7) is 2.24. The monoisotopic (exact) mass is 407 g/mol. The molecule has 1 saturated heterocycles. The first-order chi connectivity index (χ1) is 13.0. The number of aliphatic hydroxyl groups is 1. The Morgan fingerprint density at radius 1 is 1.07 bits per heavy atom. The number of amides is 1. The van der Waals surface area contributed by atoms with Gasteiger partial charge in [0.05, 0.1) is 19.2 Å². The number of halogens is 2. The van der Waals surface area contributed by atoms with Crippen LogP contribution in [0.1, 0.15) is 30.9 Å². The second-order valence-corrected chi connectivity index (χ2v) is 7.65. The number of morpholine rings is 1. The Labute approximate surface area is 169 Å². The molecule has 0 bridgehead atoms. The zero-order chi connectivity index (χ0) is 19.4. The molecule has 0 saturated carbocycles. The molecule has 1 amide bonds. The summed E-state index contributed by atoms with van der Waals surface area (Å²) in [6, 6.07) is 14.7. The number of hydrogen-bond donors (Lipinski definition) is 1. The Bertz CT molecular complexity index is 732. The number of benzene rings is 2. The Hall–Kier alpha value is -1.59. The van der Waals surface area contributed by atoms with Gasteiger partial charge in [-0.2, -0.15) is 0 Å². The van der Waals surface area contributed by atoms with Crippen LogP contribution in [-0.4, -0.2) is 41.7 Å². The highest BCUT2D eigenvalue weighted by Crippen LogP contribution is 2.39. The fourth-order valence-corrected chi connectivity index (χ4v) is 3.86. The number of hydrogen-bond acceptors (Lipinski definition) is 3. The Kier molecular flexibility index (Phi) is 6.43. The Morgan fingerprint density at radius 3 is 2.04 bits per heavy atom. The van der Waals surface area contributed by atoms with Gasteiger partial charge < -0.3 is 14.7 Å². The van der Waals surface area contributed by atoms with Crippen LogP contribution in [-0.2, 0) is 15.1 Å². The summed E-state index contributed by atoms with van der Waals surface area (Å²) in [7, 11) is 0. The first-order valence-electron chi connectivity index (χ1n) is 9.06. The van der Waals surface area contributed by atoms with E-state index in [-0.39, 0.29) is 25.2 Å². The standard InChI is InChI=1S/C21H23Cl2NO3/c1-2-3-19(12-25)24-14-21(27-13-20(24)26,15-4-8-17(22)9-5-15)16-6-10-18(23)11-7-16/h4-11,19,25H,2-3,12-14H2,1H3/t19-/m0/s1. The molecule has 3 rings (SSSR count). The van der Waals surface area contributed by atoms with Crippen molar-refractivity contribution >= 4 is 29.1 Å². The molecule has 2 aromatic carbocycles. The third kappa shape index (κ3) is 4.14. The van der Waals surface area contributed by atoms with Crippen LogP contribution in [0.15, 0.2) is 48.5 Å². The van der Waals surface area contributed by atoms with Crippen molar-refractivity contribution in [3.8, 4) is 0 Å². The lowest BCUT2D eigenvalue weighted by atomic mass is 9.84. The number of nitrogens with zero attached hydrogens (tertiary/aromatic N) is 1. The molecule has 2 aromatic rings. The van der Waals surface area contributed by atoms with E-state index >= 15 is 0 Å². The molecule has 1 heterocycles. The molecule has 1 N–H and O–H groups in total. The predicted octanol–water partition coefficient (Wildman–Crippen LogP) is 4.26. The minimum absolute atomic E-state index is 0.0501. The van der Waals surface area contributed by atoms with Gasteiger partial charge in [0, 0.05) is 10.0 Å². The number of carbonyl (C=O) groups is 1. The maximum atomic E-state index is 12.6. The molecule has 1 fully saturated rings. The Balaban J connectivity index is 2.08. The molecule has 0 unspecified atom stereocenters. The van der Waals surface area contributed by atoms with Crippen LogP contribution in [0, 0.1) is 0 Å². The van der Waals surface area contributed by atoms with Crippen LogP contribution in [0.3, 0.4) is 0 Å². The summed E-state index contributed by atoms with van der Waals surface area (Å²) >= 11 is 12.1. The molecule has 0 aromatic heterocycles. The van der Waals surface area contributed by atoms with Gasteiger partial charge in [-0.25, -0.2) is 0 Å². The smallest absolute Gasteiger partial charge is 0.249 e. The van der Waals surface area contributed by atoms with Gasteiger partial charge in [-0.05, 0) is 41.8 Å². The molecule has 6 heteroatoms. The zero-order valence-corrected chi connectivity index (χ0v) is 16.7. The van der Waals surface area contributed by atoms with Crippen molar-refractivity contribution in [2.45, 2.75) is 31.4 Å². The van der Waals surface area contributed by atoms with Crippen LogP contribution >= 0.6 is 23.2 Å². The molecule has 1 aliphatic rings. The highest BCUT2D eigenvalue weighted by Gasteiger charge is 2.44. The fourth-order valence-electron chi connectivity index (χ4n) is 3.61. The maximum Gasteiger partial charge on any atom is 0.249 e. The predicted molar refractivity (Wildman–Crippen MR) is 107 cm³/mol. The van der Waals surface area contributed by atoms with E-state index in [4.69, 9.17) is 27.9 Å². The van der Waals surface area contributed by atoms with E-state index in [1.165, 1.54) is 0 Å². The van der Waals surface area contributed by atoms with Crippen LogP contribution in [0.2, 0.25) is 10.0 Å². The quantitative estimate of drug-likeness (QED) is 0.777. The van der Waals surface area contributed by atoms with Gasteiger partial charge in [-0.1, -0.05) is 60.8 Å². The summed E-state index contributed by atoms with van der Waals surface area (Å²) in [5.41, 5.74) is 0.962. The number of rotatable bonds is 6. The molecule has 0 aliphatic carbocycles. The lowest BCUT2D eigenvalue weighted by molar-refractivity contribution is -0.164. The van der Waals surface area contributed by atoms with Crippen molar-refractivity contribution in [1.82, 2.24) is 4.90 Å². The first kappa shape index (κ1) is 20.2. The summed E-state index contributed by atoms with van der Waals surface area (Å²) in [5.74, 6) is -0.110. The second kappa shape index (κ2) is 8.61. The lowest BCUT2D eigenvalue weighted by Gasteiger charge is -2.45. The van der Waals surface area contributed by atoms with E-state index in [0.29, 0.717) is 16.6 Å². The largest absolute Gasteiger partial charge is 0.394 e. The number of carbonyl (C=O) groups excluding carboxylic acids is 1. The van der Waals surface area contributed by atoms with Gasteiger partial charge in [-0.15, -0.1) is 0 Å². The van der Waals surface area contributed by atoms with E-state index in [1.807, 2.05) is 55.5 Å². The first-order valence-corrected chi connectivity index (χ1v) is 9.82. The highest BCUT2D eigenvalue weighted by atomic mass is 35.5.